The van der Waals surface area contributed by atoms with Gasteiger partial charge in [0.05, 0.1) is 7.11 Å². The smallest absolute Gasteiger partial charge is 0.188 e. The second-order valence-electron chi connectivity index (χ2n) is 6.90. The molecule has 0 bridgehead atoms. The van der Waals surface area contributed by atoms with E-state index in [0.717, 1.165) is 21.0 Å². The van der Waals surface area contributed by atoms with E-state index in [4.69, 9.17) is 20.2 Å². The van der Waals surface area contributed by atoms with Crippen molar-refractivity contribution >= 4 is 26.8 Å². The Morgan fingerprint density at radius 3 is 2.74 bits per heavy atom. The monoisotopic (exact) mass is 438 g/mol. The number of thiazole rings is 1. The molecule has 2 heterocycles. The number of fused-ring (bicyclic) bond motifs is 1. The van der Waals surface area contributed by atoms with Crippen LogP contribution in [-0.4, -0.2) is 30.2 Å². The van der Waals surface area contributed by atoms with Crippen LogP contribution in [0.3, 0.4) is 0 Å². The van der Waals surface area contributed by atoms with Gasteiger partial charge in [-0.25, -0.2) is 14.4 Å². The first-order valence-corrected chi connectivity index (χ1v) is 10.7. The second kappa shape index (κ2) is 9.72. The van der Waals surface area contributed by atoms with Gasteiger partial charge in [-0.3, -0.25) is 0 Å². The Labute approximate surface area is 184 Å². The van der Waals surface area contributed by atoms with Crippen LogP contribution in [0.25, 0.3) is 10.3 Å². The van der Waals surface area contributed by atoms with Crippen LogP contribution in [0.5, 0.6) is 11.5 Å². The summed E-state index contributed by atoms with van der Waals surface area (Å²) in [5, 5.41) is 0.873. The summed E-state index contributed by atoms with van der Waals surface area (Å²) in [6.45, 7) is 1.90. The van der Waals surface area contributed by atoms with Crippen LogP contribution < -0.4 is 20.1 Å². The summed E-state index contributed by atoms with van der Waals surface area (Å²) in [6.07, 6.45) is 1.77. The van der Waals surface area contributed by atoms with Crippen LogP contribution in [0.1, 0.15) is 11.1 Å². The highest BCUT2D eigenvalue weighted by molar-refractivity contribution is 7.21. The Morgan fingerprint density at radius 2 is 1.97 bits per heavy atom. The number of nitrogens with zero attached hydrogens (tertiary/aromatic N) is 3. The first-order valence-electron chi connectivity index (χ1n) is 9.87. The Morgan fingerprint density at radius 1 is 1.10 bits per heavy atom. The van der Waals surface area contributed by atoms with Crippen molar-refractivity contribution in [3.05, 3.63) is 77.7 Å². The number of benzene rings is 2. The fraction of sp³-hybridized carbons (Fsp3) is 0.217. The number of pyridine rings is 1. The van der Waals surface area contributed by atoms with Crippen LogP contribution in [0.4, 0.5) is 9.52 Å². The molecule has 0 saturated heterocycles. The molecular formula is C23H23FN4O2S. The highest BCUT2D eigenvalue weighted by Crippen LogP contribution is 2.32. The first kappa shape index (κ1) is 21.0. The van der Waals surface area contributed by atoms with Crippen molar-refractivity contribution < 1.29 is 13.9 Å². The van der Waals surface area contributed by atoms with E-state index in [1.54, 1.807) is 42.8 Å². The lowest BCUT2D eigenvalue weighted by atomic mass is 10.2. The number of nitrogens with two attached hydrogens (primary N) is 1. The van der Waals surface area contributed by atoms with Crippen LogP contribution in [-0.2, 0) is 13.2 Å². The Bertz CT molecular complexity index is 1130. The zero-order valence-corrected chi connectivity index (χ0v) is 17.9. The van der Waals surface area contributed by atoms with Gasteiger partial charge in [0.1, 0.15) is 22.8 Å². The number of ether oxygens (including phenoxy) is 2. The fourth-order valence-electron chi connectivity index (χ4n) is 3.21. The Hall–Kier alpha value is -3.23. The van der Waals surface area contributed by atoms with Gasteiger partial charge in [0.2, 0.25) is 0 Å². The molecule has 2 aromatic carbocycles. The van der Waals surface area contributed by atoms with Gasteiger partial charge in [-0.1, -0.05) is 35.6 Å². The van der Waals surface area contributed by atoms with Crippen molar-refractivity contribution in [3.8, 4) is 11.5 Å². The molecule has 0 aliphatic carbocycles. The molecule has 0 unspecified atom stereocenters. The van der Waals surface area contributed by atoms with Gasteiger partial charge in [-0.05, 0) is 35.9 Å². The largest absolute Gasteiger partial charge is 0.493 e. The van der Waals surface area contributed by atoms with Crippen molar-refractivity contribution in [3.63, 3.8) is 0 Å². The van der Waals surface area contributed by atoms with Gasteiger partial charge in [-0.2, -0.15) is 0 Å². The number of anilines is 1. The van der Waals surface area contributed by atoms with Gasteiger partial charge in [0.25, 0.3) is 0 Å². The summed E-state index contributed by atoms with van der Waals surface area (Å²) >= 11 is 1.54. The third-order valence-corrected chi connectivity index (χ3v) is 5.81. The average molecular weight is 439 g/mol. The molecule has 0 amide bonds. The van der Waals surface area contributed by atoms with Crippen LogP contribution in [0.15, 0.2) is 60.8 Å². The summed E-state index contributed by atoms with van der Waals surface area (Å²) in [7, 11) is 1.59. The normalized spacial score (nSPS) is 10.9. The van der Waals surface area contributed by atoms with Crippen molar-refractivity contribution in [1.29, 1.82) is 0 Å². The number of aromatic nitrogens is 2. The maximum atomic E-state index is 13.9. The zero-order valence-electron chi connectivity index (χ0n) is 17.1. The molecule has 0 spiro atoms. The van der Waals surface area contributed by atoms with Crippen LogP contribution in [0, 0.1) is 5.82 Å². The zero-order chi connectivity index (χ0) is 21.6. The third-order valence-electron chi connectivity index (χ3n) is 4.77. The van der Waals surface area contributed by atoms with Crippen molar-refractivity contribution in [2.45, 2.75) is 13.2 Å². The molecule has 2 aromatic heterocycles. The number of hydrogen-bond acceptors (Lipinski definition) is 7. The minimum atomic E-state index is -0.291. The van der Waals surface area contributed by atoms with E-state index < -0.39 is 0 Å². The molecule has 31 heavy (non-hydrogen) atoms. The summed E-state index contributed by atoms with van der Waals surface area (Å²) in [5.74, 6) is 0.859. The fourth-order valence-corrected chi connectivity index (χ4v) is 4.15. The lowest BCUT2D eigenvalue weighted by molar-refractivity contribution is 0.279. The number of methoxy groups -OCH3 is 1. The van der Waals surface area contributed by atoms with Gasteiger partial charge in [0, 0.05) is 31.4 Å². The summed E-state index contributed by atoms with van der Waals surface area (Å²) < 4.78 is 25.2. The maximum Gasteiger partial charge on any atom is 0.188 e. The standard InChI is InChI=1S/C23H23FN4O2S/c1-29-21-13-16(8-9-20(21)30-15-17-5-2-3-6-18(17)24)14-28(12-10-25)23-27-19-7-4-11-26-22(19)31-23/h2-9,11,13H,10,12,14-15,25H2,1H3. The lowest BCUT2D eigenvalue weighted by Gasteiger charge is -2.21. The molecule has 0 fully saturated rings. The molecule has 0 saturated carbocycles. The third kappa shape index (κ3) is 4.92. The van der Waals surface area contributed by atoms with Crippen molar-refractivity contribution in [2.24, 2.45) is 5.73 Å². The molecule has 0 aliphatic heterocycles. The van der Waals surface area contributed by atoms with E-state index in [1.165, 1.54) is 6.07 Å². The van der Waals surface area contributed by atoms with E-state index in [9.17, 15) is 4.39 Å². The quantitative estimate of drug-likeness (QED) is 0.418. The molecular weight excluding hydrogens is 415 g/mol. The first-order chi connectivity index (χ1) is 15.2. The van der Waals surface area contributed by atoms with Gasteiger partial charge in [0.15, 0.2) is 16.6 Å². The number of rotatable bonds is 9. The highest BCUT2D eigenvalue weighted by Gasteiger charge is 2.15. The predicted octanol–water partition coefficient (Wildman–Crippen LogP) is 4.38. The Kier molecular flexibility index (Phi) is 6.59. The Balaban J connectivity index is 1.52. The van der Waals surface area contributed by atoms with Crippen molar-refractivity contribution in [2.75, 3.05) is 25.1 Å². The predicted molar refractivity (Wildman–Crippen MR) is 121 cm³/mol. The SMILES string of the molecule is COc1cc(CN(CCN)c2nc3cccnc3s2)ccc1OCc1ccccc1F. The number of hydrogen-bond donors (Lipinski definition) is 1. The van der Waals surface area contributed by atoms with Crippen LogP contribution in [0.2, 0.25) is 0 Å². The minimum absolute atomic E-state index is 0.125. The molecule has 160 valence electrons. The molecule has 0 atom stereocenters. The van der Waals surface area contributed by atoms with E-state index in [2.05, 4.69) is 9.88 Å². The van der Waals surface area contributed by atoms with Crippen LogP contribution >= 0.6 is 11.3 Å². The summed E-state index contributed by atoms with van der Waals surface area (Å²) in [4.78, 5) is 12.1. The van der Waals surface area contributed by atoms with Gasteiger partial charge in [-0.15, -0.1) is 0 Å². The van der Waals surface area contributed by atoms with E-state index in [0.29, 0.717) is 36.7 Å². The molecule has 8 heteroatoms. The molecule has 4 aromatic rings. The lowest BCUT2D eigenvalue weighted by Crippen LogP contribution is -2.28. The molecule has 6 nitrogen and oxygen atoms in total. The van der Waals surface area contributed by atoms with Crippen molar-refractivity contribution in [1.82, 2.24) is 9.97 Å². The highest BCUT2D eigenvalue weighted by atomic mass is 32.1. The molecule has 2 N–H and O–H groups in total. The summed E-state index contributed by atoms with van der Waals surface area (Å²) in [5.41, 5.74) is 8.24. The van der Waals surface area contributed by atoms with E-state index >= 15 is 0 Å². The summed E-state index contributed by atoms with van der Waals surface area (Å²) in [6, 6.07) is 16.1. The average Bonchev–Trinajstić information content (AvgIpc) is 3.23. The van der Waals surface area contributed by atoms with E-state index in [1.807, 2.05) is 30.3 Å². The number of halogens is 1. The minimum Gasteiger partial charge on any atom is -0.493 e. The second-order valence-corrected chi connectivity index (χ2v) is 7.86. The van der Waals surface area contributed by atoms with Gasteiger partial charge < -0.3 is 20.1 Å². The molecule has 4 rings (SSSR count). The molecule has 0 aliphatic rings. The molecule has 0 radical (unpaired) electrons. The topological polar surface area (TPSA) is 73.5 Å². The maximum absolute atomic E-state index is 13.9. The van der Waals surface area contributed by atoms with Gasteiger partial charge >= 0.3 is 0 Å². The van der Waals surface area contributed by atoms with E-state index in [-0.39, 0.29) is 12.4 Å².